The Morgan fingerprint density at radius 3 is 2.43 bits per heavy atom. The Bertz CT molecular complexity index is 921. The van der Waals surface area contributed by atoms with E-state index in [2.05, 4.69) is 37.4 Å². The lowest BCUT2D eigenvalue weighted by atomic mass is 10.3. The number of nitrogens with zero attached hydrogens (tertiary/aromatic N) is 2. The minimum atomic E-state index is 0.458. The van der Waals surface area contributed by atoms with Gasteiger partial charge in [0.2, 0.25) is 11.6 Å². The van der Waals surface area contributed by atoms with Gasteiger partial charge in [0, 0.05) is 25.4 Å². The zero-order valence-electron chi connectivity index (χ0n) is 17.3. The highest BCUT2D eigenvalue weighted by Gasteiger charge is 2.13. The van der Waals surface area contributed by atoms with Gasteiger partial charge < -0.3 is 24.8 Å². The van der Waals surface area contributed by atoms with E-state index in [9.17, 15) is 0 Å². The summed E-state index contributed by atoms with van der Waals surface area (Å²) in [6.45, 7) is 4.08. The lowest BCUT2D eigenvalue weighted by molar-refractivity contribution is 0.342. The van der Waals surface area contributed by atoms with E-state index in [-0.39, 0.29) is 0 Å². The van der Waals surface area contributed by atoms with Gasteiger partial charge in [-0.1, -0.05) is 12.1 Å². The maximum atomic E-state index is 5.90. The summed E-state index contributed by atoms with van der Waals surface area (Å²) >= 11 is 1.68. The molecule has 0 aliphatic carbocycles. The van der Waals surface area contributed by atoms with Crippen LogP contribution in [0.3, 0.4) is 0 Å². The molecule has 1 aromatic carbocycles. The van der Waals surface area contributed by atoms with Crippen LogP contribution in [-0.2, 0) is 13.1 Å². The van der Waals surface area contributed by atoms with Gasteiger partial charge in [-0.3, -0.25) is 0 Å². The fraction of sp³-hybridized carbons (Fsp3) is 0.273. The first-order valence-corrected chi connectivity index (χ1v) is 10.5. The molecule has 0 saturated heterocycles. The van der Waals surface area contributed by atoms with Crippen molar-refractivity contribution in [2.75, 3.05) is 20.8 Å². The Morgan fingerprint density at radius 1 is 1.03 bits per heavy atom. The Labute approximate surface area is 180 Å². The summed E-state index contributed by atoms with van der Waals surface area (Å²) < 4.78 is 16.6. The number of hydrogen-bond acceptors (Lipinski definition) is 6. The van der Waals surface area contributed by atoms with Crippen molar-refractivity contribution in [1.82, 2.24) is 15.6 Å². The topological polar surface area (TPSA) is 77.0 Å². The number of pyridine rings is 1. The summed E-state index contributed by atoms with van der Waals surface area (Å²) in [6, 6.07) is 11.3. The molecule has 0 atom stereocenters. The van der Waals surface area contributed by atoms with Gasteiger partial charge in [-0.25, -0.2) is 9.98 Å². The highest BCUT2D eigenvalue weighted by molar-refractivity contribution is 7.07. The van der Waals surface area contributed by atoms with Crippen LogP contribution in [0, 0.1) is 0 Å². The maximum absolute atomic E-state index is 5.90. The van der Waals surface area contributed by atoms with Crippen molar-refractivity contribution in [1.29, 1.82) is 0 Å². The molecule has 0 fully saturated rings. The molecular weight excluding hydrogens is 400 g/mol. The Morgan fingerprint density at radius 2 is 1.83 bits per heavy atom. The average molecular weight is 427 g/mol. The van der Waals surface area contributed by atoms with Crippen LogP contribution >= 0.6 is 11.3 Å². The summed E-state index contributed by atoms with van der Waals surface area (Å²) in [7, 11) is 3.18. The minimum absolute atomic E-state index is 0.458. The number of aliphatic imine (C=N–C) groups is 1. The normalized spacial score (nSPS) is 11.1. The van der Waals surface area contributed by atoms with Crippen molar-refractivity contribution < 1.29 is 14.2 Å². The molecule has 30 heavy (non-hydrogen) atoms. The van der Waals surface area contributed by atoms with Gasteiger partial charge in [0.25, 0.3) is 0 Å². The number of hydrogen-bond donors (Lipinski definition) is 2. The average Bonchev–Trinajstić information content (AvgIpc) is 3.30. The van der Waals surface area contributed by atoms with E-state index >= 15 is 0 Å². The number of para-hydroxylation sites is 1. The first-order valence-electron chi connectivity index (χ1n) is 9.60. The molecule has 0 aliphatic rings. The maximum Gasteiger partial charge on any atom is 0.219 e. The second kappa shape index (κ2) is 11.1. The van der Waals surface area contributed by atoms with Crippen molar-refractivity contribution in [3.05, 3.63) is 64.5 Å². The zero-order valence-corrected chi connectivity index (χ0v) is 18.2. The van der Waals surface area contributed by atoms with Gasteiger partial charge in [0.05, 0.1) is 20.8 Å². The van der Waals surface area contributed by atoms with Crippen LogP contribution in [0.2, 0.25) is 0 Å². The fourth-order valence-electron chi connectivity index (χ4n) is 2.68. The summed E-state index contributed by atoms with van der Waals surface area (Å²) in [5.41, 5.74) is 2.21. The molecule has 158 valence electrons. The molecular formula is C22H26N4O3S. The molecule has 7 nitrogen and oxygen atoms in total. The second-order valence-electron chi connectivity index (χ2n) is 6.28. The predicted molar refractivity (Wildman–Crippen MR) is 120 cm³/mol. The van der Waals surface area contributed by atoms with Crippen LogP contribution < -0.4 is 24.8 Å². The van der Waals surface area contributed by atoms with Crippen molar-refractivity contribution in [3.8, 4) is 23.1 Å². The molecule has 2 N–H and O–H groups in total. The monoisotopic (exact) mass is 426 g/mol. The predicted octanol–water partition coefficient (Wildman–Crippen LogP) is 4.21. The number of benzene rings is 1. The van der Waals surface area contributed by atoms with E-state index in [0.29, 0.717) is 36.2 Å². The van der Waals surface area contributed by atoms with E-state index in [0.717, 1.165) is 18.1 Å². The lowest BCUT2D eigenvalue weighted by Crippen LogP contribution is -2.36. The summed E-state index contributed by atoms with van der Waals surface area (Å²) in [5, 5.41) is 10.7. The molecule has 0 aliphatic heterocycles. The van der Waals surface area contributed by atoms with Crippen molar-refractivity contribution >= 4 is 17.3 Å². The largest absolute Gasteiger partial charge is 0.493 e. The zero-order chi connectivity index (χ0) is 21.2. The summed E-state index contributed by atoms with van der Waals surface area (Å²) in [4.78, 5) is 9.01. The molecule has 8 heteroatoms. The SMILES string of the molecule is CCNC(=NCc1ccsc1)NCc1ccc(Oc2c(OC)cccc2OC)nc1. The van der Waals surface area contributed by atoms with Crippen molar-refractivity contribution in [3.63, 3.8) is 0 Å². The number of nitrogens with one attached hydrogen (secondary N) is 2. The van der Waals surface area contributed by atoms with Gasteiger partial charge in [-0.05, 0) is 47.0 Å². The molecule has 3 aromatic rings. The lowest BCUT2D eigenvalue weighted by Gasteiger charge is -2.14. The van der Waals surface area contributed by atoms with E-state index in [1.807, 2.05) is 37.3 Å². The number of methoxy groups -OCH3 is 2. The fourth-order valence-corrected chi connectivity index (χ4v) is 3.34. The highest BCUT2D eigenvalue weighted by atomic mass is 32.1. The third-order valence-electron chi connectivity index (χ3n) is 4.19. The molecule has 2 heterocycles. The highest BCUT2D eigenvalue weighted by Crippen LogP contribution is 2.39. The Kier molecular flexibility index (Phi) is 7.91. The van der Waals surface area contributed by atoms with Crippen molar-refractivity contribution in [2.24, 2.45) is 4.99 Å². The standard InChI is InChI=1S/C22H26N4O3S/c1-4-23-22(26-14-17-10-11-30-15-17)25-13-16-8-9-20(24-12-16)29-21-18(27-2)6-5-7-19(21)28-3/h5-12,15H,4,13-14H2,1-3H3,(H2,23,25,26). The summed E-state index contributed by atoms with van der Waals surface area (Å²) in [6.07, 6.45) is 1.77. The van der Waals surface area contributed by atoms with E-state index in [4.69, 9.17) is 14.2 Å². The minimum Gasteiger partial charge on any atom is -0.493 e. The van der Waals surface area contributed by atoms with E-state index in [1.54, 1.807) is 31.8 Å². The molecule has 0 radical (unpaired) electrons. The molecule has 2 aromatic heterocycles. The Hall–Kier alpha value is -3.26. The third-order valence-corrected chi connectivity index (χ3v) is 4.92. The van der Waals surface area contributed by atoms with Crippen LogP contribution in [0.5, 0.6) is 23.1 Å². The van der Waals surface area contributed by atoms with Gasteiger partial charge in [-0.15, -0.1) is 0 Å². The molecule has 0 spiro atoms. The quantitative estimate of drug-likeness (QED) is 0.394. The van der Waals surface area contributed by atoms with Gasteiger partial charge >= 0.3 is 0 Å². The Balaban J connectivity index is 1.62. The van der Waals surface area contributed by atoms with Gasteiger partial charge in [0.1, 0.15) is 0 Å². The smallest absolute Gasteiger partial charge is 0.219 e. The van der Waals surface area contributed by atoms with Crippen molar-refractivity contribution in [2.45, 2.75) is 20.0 Å². The second-order valence-corrected chi connectivity index (χ2v) is 7.06. The van der Waals surface area contributed by atoms with Gasteiger partial charge in [0.15, 0.2) is 17.5 Å². The summed E-state index contributed by atoms with van der Waals surface area (Å²) in [5.74, 6) is 2.89. The molecule has 0 bridgehead atoms. The van der Waals surface area contributed by atoms with Crippen LogP contribution in [0.25, 0.3) is 0 Å². The van der Waals surface area contributed by atoms with E-state index in [1.165, 1.54) is 5.56 Å². The number of ether oxygens (including phenoxy) is 3. The van der Waals surface area contributed by atoms with E-state index < -0.39 is 0 Å². The van der Waals surface area contributed by atoms with Crippen LogP contribution in [0.1, 0.15) is 18.1 Å². The first kappa shape index (κ1) is 21.4. The molecule has 0 saturated carbocycles. The number of thiophene rings is 1. The number of guanidine groups is 1. The van der Waals surface area contributed by atoms with Crippen LogP contribution in [0.4, 0.5) is 0 Å². The van der Waals surface area contributed by atoms with Gasteiger partial charge in [-0.2, -0.15) is 11.3 Å². The number of rotatable bonds is 9. The molecule has 0 amide bonds. The third kappa shape index (κ3) is 5.87. The van der Waals surface area contributed by atoms with Crippen LogP contribution in [0.15, 0.2) is 58.3 Å². The number of aromatic nitrogens is 1. The first-order chi connectivity index (χ1) is 14.7. The van der Waals surface area contributed by atoms with Crippen LogP contribution in [-0.4, -0.2) is 31.7 Å². The molecule has 3 rings (SSSR count). The molecule has 0 unspecified atom stereocenters.